The summed E-state index contributed by atoms with van der Waals surface area (Å²) in [5, 5.41) is 5.95. The van der Waals surface area contributed by atoms with Gasteiger partial charge in [0.2, 0.25) is 0 Å². The van der Waals surface area contributed by atoms with E-state index in [1.807, 2.05) is 25.7 Å². The quantitative estimate of drug-likeness (QED) is 0.784. The van der Waals surface area contributed by atoms with Crippen LogP contribution >= 0.6 is 11.3 Å². The van der Waals surface area contributed by atoms with Gasteiger partial charge < -0.3 is 14.5 Å². The highest BCUT2D eigenvalue weighted by Gasteiger charge is 2.32. The van der Waals surface area contributed by atoms with Crippen molar-refractivity contribution in [1.82, 2.24) is 14.7 Å². The molecular weight excluding hydrogens is 369 g/mol. The highest BCUT2D eigenvalue weighted by atomic mass is 32.1. The molecule has 26 heavy (non-hydrogen) atoms. The van der Waals surface area contributed by atoms with Gasteiger partial charge in [0, 0.05) is 26.2 Å². The number of amides is 1. The molecule has 2 aromatic heterocycles. The van der Waals surface area contributed by atoms with Crippen molar-refractivity contribution >= 4 is 33.5 Å². The largest absolute Gasteiger partial charge is 0.444 e. The summed E-state index contributed by atoms with van der Waals surface area (Å²) in [5.41, 5.74) is -0.0785. The maximum Gasteiger partial charge on any atom is 0.410 e. The number of anilines is 1. The van der Waals surface area contributed by atoms with Gasteiger partial charge in [-0.05, 0) is 32.2 Å². The molecule has 0 bridgehead atoms. The van der Waals surface area contributed by atoms with Crippen molar-refractivity contribution in [2.24, 2.45) is 0 Å². The highest BCUT2D eigenvalue weighted by Crippen LogP contribution is 2.33. The van der Waals surface area contributed by atoms with Gasteiger partial charge in [0.25, 0.3) is 0 Å². The lowest BCUT2D eigenvalue weighted by molar-refractivity contribution is -0.141. The summed E-state index contributed by atoms with van der Waals surface area (Å²) in [5.74, 6) is 0.545. The minimum absolute atomic E-state index is 0.374. The Balaban J connectivity index is 1.72. The van der Waals surface area contributed by atoms with Crippen molar-refractivity contribution in [3.63, 3.8) is 0 Å². The first-order chi connectivity index (χ1) is 12.0. The Morgan fingerprint density at radius 1 is 1.23 bits per heavy atom. The fourth-order valence-corrected chi connectivity index (χ4v) is 3.71. The molecule has 0 radical (unpaired) electrons. The molecule has 0 aromatic carbocycles. The van der Waals surface area contributed by atoms with E-state index in [9.17, 15) is 18.0 Å². The van der Waals surface area contributed by atoms with Crippen molar-refractivity contribution < 1.29 is 22.7 Å². The van der Waals surface area contributed by atoms with Gasteiger partial charge in [0.15, 0.2) is 5.82 Å². The second-order valence-electron chi connectivity index (χ2n) is 7.19. The molecule has 10 heteroatoms. The monoisotopic (exact) mass is 390 g/mol. The summed E-state index contributed by atoms with van der Waals surface area (Å²) in [6.45, 7) is 6.18. The van der Waals surface area contributed by atoms with Crippen molar-refractivity contribution in [3.8, 4) is 0 Å². The number of carbonyl (C=O) groups is 1. The Bertz CT molecular complexity index is 786. The summed E-state index contributed by atoms with van der Waals surface area (Å²) in [7, 11) is 0. The molecule has 1 amide bonds. The Morgan fingerprint density at radius 2 is 1.88 bits per heavy atom. The summed E-state index contributed by atoms with van der Waals surface area (Å²) < 4.78 is 45.4. The predicted octanol–water partition coefficient (Wildman–Crippen LogP) is 3.72. The van der Waals surface area contributed by atoms with Gasteiger partial charge in [0.1, 0.15) is 12.1 Å². The third-order valence-electron chi connectivity index (χ3n) is 3.90. The van der Waals surface area contributed by atoms with Gasteiger partial charge in [-0.2, -0.15) is 18.3 Å². The molecule has 1 aliphatic heterocycles. The Hall–Kier alpha value is -1.97. The van der Waals surface area contributed by atoms with Crippen LogP contribution in [0.1, 0.15) is 20.8 Å². The van der Waals surface area contributed by atoms with Gasteiger partial charge in [-0.1, -0.05) is 0 Å². The first-order valence-corrected chi connectivity index (χ1v) is 9.15. The van der Waals surface area contributed by atoms with E-state index in [0.717, 1.165) is 9.38 Å². The molecule has 0 N–H and O–H groups in total. The van der Waals surface area contributed by atoms with E-state index < -0.39 is 18.3 Å². The molecule has 3 heterocycles. The molecule has 2 aromatic rings. The third kappa shape index (κ3) is 4.22. The van der Waals surface area contributed by atoms with Crippen LogP contribution < -0.4 is 4.90 Å². The lowest BCUT2D eigenvalue weighted by Gasteiger charge is -2.35. The number of aromatic nitrogens is 2. The van der Waals surface area contributed by atoms with E-state index in [-0.39, 0.29) is 6.09 Å². The maximum absolute atomic E-state index is 12.8. The second-order valence-corrected chi connectivity index (χ2v) is 8.10. The zero-order chi connectivity index (χ0) is 19.1. The number of hydrogen-bond donors (Lipinski definition) is 0. The van der Waals surface area contributed by atoms with E-state index in [2.05, 4.69) is 5.10 Å². The number of hydrogen-bond acceptors (Lipinski definition) is 5. The smallest absolute Gasteiger partial charge is 0.410 e. The first-order valence-electron chi connectivity index (χ1n) is 8.27. The van der Waals surface area contributed by atoms with Crippen LogP contribution in [-0.2, 0) is 11.3 Å². The Kier molecular flexibility index (Phi) is 4.80. The van der Waals surface area contributed by atoms with E-state index in [1.54, 1.807) is 16.3 Å². The number of piperazine rings is 1. The molecule has 1 fully saturated rings. The Labute approximate surface area is 153 Å². The summed E-state index contributed by atoms with van der Waals surface area (Å²) in [4.78, 5) is 15.7. The van der Waals surface area contributed by atoms with Crippen LogP contribution in [0.3, 0.4) is 0 Å². The van der Waals surface area contributed by atoms with Crippen LogP contribution in [0.15, 0.2) is 11.4 Å². The SMILES string of the molecule is CC(C)(C)OC(=O)N1CCN(c2nn(CC(F)(F)F)c3ccsc23)CC1. The van der Waals surface area contributed by atoms with E-state index >= 15 is 0 Å². The molecule has 0 spiro atoms. The van der Waals surface area contributed by atoms with Crippen molar-refractivity contribution in [3.05, 3.63) is 11.4 Å². The predicted molar refractivity (Wildman–Crippen MR) is 93.7 cm³/mol. The molecule has 0 atom stereocenters. The topological polar surface area (TPSA) is 50.6 Å². The zero-order valence-electron chi connectivity index (χ0n) is 14.8. The third-order valence-corrected chi connectivity index (χ3v) is 4.80. The summed E-state index contributed by atoms with van der Waals surface area (Å²) in [6, 6.07) is 1.65. The molecule has 1 saturated heterocycles. The molecule has 3 rings (SSSR count). The lowest BCUT2D eigenvalue weighted by atomic mass is 10.2. The molecule has 1 aliphatic rings. The average molecular weight is 390 g/mol. The van der Waals surface area contributed by atoms with Crippen LogP contribution in [0.4, 0.5) is 23.8 Å². The first kappa shape index (κ1) is 18.8. The van der Waals surface area contributed by atoms with E-state index in [4.69, 9.17) is 4.74 Å². The zero-order valence-corrected chi connectivity index (χ0v) is 15.7. The average Bonchev–Trinajstić information content (AvgIpc) is 3.08. The fourth-order valence-electron chi connectivity index (χ4n) is 2.81. The maximum atomic E-state index is 12.8. The minimum atomic E-state index is -4.33. The second kappa shape index (κ2) is 6.64. The van der Waals surface area contributed by atoms with Gasteiger partial charge in [-0.25, -0.2) is 4.79 Å². The molecule has 0 saturated carbocycles. The number of nitrogens with zero attached hydrogens (tertiary/aromatic N) is 4. The van der Waals surface area contributed by atoms with Crippen LogP contribution in [0.5, 0.6) is 0 Å². The summed E-state index contributed by atoms with van der Waals surface area (Å²) >= 11 is 1.37. The van der Waals surface area contributed by atoms with Crippen LogP contribution in [-0.4, -0.2) is 58.7 Å². The molecule has 0 aliphatic carbocycles. The number of fused-ring (bicyclic) bond motifs is 1. The molecule has 144 valence electrons. The van der Waals surface area contributed by atoms with Gasteiger partial charge >= 0.3 is 12.3 Å². The highest BCUT2D eigenvalue weighted by molar-refractivity contribution is 7.17. The number of thiophene rings is 1. The van der Waals surface area contributed by atoms with Crippen LogP contribution in [0.2, 0.25) is 0 Å². The number of carbonyl (C=O) groups excluding carboxylic acids is 1. The van der Waals surface area contributed by atoms with E-state index in [0.29, 0.717) is 37.5 Å². The van der Waals surface area contributed by atoms with Crippen molar-refractivity contribution in [2.75, 3.05) is 31.1 Å². The normalized spacial score (nSPS) is 16.4. The van der Waals surface area contributed by atoms with Gasteiger partial charge in [-0.3, -0.25) is 4.68 Å². The van der Waals surface area contributed by atoms with Crippen LogP contribution in [0, 0.1) is 0 Å². The van der Waals surface area contributed by atoms with Crippen molar-refractivity contribution in [2.45, 2.75) is 39.1 Å². The number of halogens is 3. The fraction of sp³-hybridized carbons (Fsp3) is 0.625. The Morgan fingerprint density at radius 3 is 2.46 bits per heavy atom. The summed E-state index contributed by atoms with van der Waals surface area (Å²) in [6.07, 6.45) is -4.70. The lowest BCUT2D eigenvalue weighted by Crippen LogP contribution is -2.50. The molecular formula is C16H21F3N4O2S. The van der Waals surface area contributed by atoms with Gasteiger partial charge in [0.05, 0.1) is 10.2 Å². The molecule has 0 unspecified atom stereocenters. The van der Waals surface area contributed by atoms with Gasteiger partial charge in [-0.15, -0.1) is 11.3 Å². The minimum Gasteiger partial charge on any atom is -0.444 e. The standard InChI is InChI=1S/C16H21F3N4O2S/c1-15(2,3)25-14(24)22-7-5-21(6-8-22)13-12-11(4-9-26-12)23(20-13)10-16(17,18)19/h4,9H,5-8,10H2,1-3H3. The van der Waals surface area contributed by atoms with Crippen molar-refractivity contribution in [1.29, 1.82) is 0 Å². The number of rotatable bonds is 2. The number of ether oxygens (including phenoxy) is 1. The number of alkyl halides is 3. The molecule has 6 nitrogen and oxygen atoms in total. The van der Waals surface area contributed by atoms with Crippen LogP contribution in [0.25, 0.3) is 10.2 Å². The van der Waals surface area contributed by atoms with E-state index in [1.165, 1.54) is 11.3 Å².